The first-order valence-corrected chi connectivity index (χ1v) is 11.1. The van der Waals surface area contributed by atoms with Gasteiger partial charge in [0.05, 0.1) is 0 Å². The van der Waals surface area contributed by atoms with Crippen molar-refractivity contribution in [2.45, 2.75) is 43.7 Å². The molecule has 0 spiro atoms. The van der Waals surface area contributed by atoms with Gasteiger partial charge in [-0.1, -0.05) is 36.4 Å². The summed E-state index contributed by atoms with van der Waals surface area (Å²) in [6.45, 7) is 1.73. The first kappa shape index (κ1) is 19.8. The highest BCUT2D eigenvalue weighted by Gasteiger charge is 2.44. The number of carbonyl (C=O) groups is 2. The van der Waals surface area contributed by atoms with E-state index < -0.39 is 12.1 Å². The molecule has 2 bridgehead atoms. The normalized spacial score (nSPS) is 27.1. The maximum atomic E-state index is 13.4. The molecule has 4 atom stereocenters. The molecule has 31 heavy (non-hydrogen) atoms. The predicted octanol–water partition coefficient (Wildman–Crippen LogP) is 2.12. The van der Waals surface area contributed by atoms with Crippen LogP contribution in [-0.2, 0) is 11.2 Å². The van der Waals surface area contributed by atoms with Crippen LogP contribution in [0, 0.1) is 5.92 Å². The van der Waals surface area contributed by atoms with Crippen LogP contribution in [0.3, 0.4) is 0 Å². The lowest BCUT2D eigenvalue weighted by Gasteiger charge is -2.47. The topological polar surface area (TPSA) is 88.6 Å². The van der Waals surface area contributed by atoms with Crippen molar-refractivity contribution < 1.29 is 9.59 Å². The Balaban J connectivity index is 1.47. The number of benzene rings is 1. The van der Waals surface area contributed by atoms with Gasteiger partial charge in [-0.05, 0) is 43.2 Å². The lowest BCUT2D eigenvalue weighted by Crippen LogP contribution is -2.56. The van der Waals surface area contributed by atoms with Gasteiger partial charge in [-0.2, -0.15) is 0 Å². The molecule has 7 heteroatoms. The van der Waals surface area contributed by atoms with Crippen LogP contribution in [0.4, 0.5) is 4.79 Å². The number of rotatable bonds is 3. The van der Waals surface area contributed by atoms with Crippen LogP contribution in [0.5, 0.6) is 0 Å². The average Bonchev–Trinajstić information content (AvgIpc) is 3.27. The van der Waals surface area contributed by atoms with Crippen LogP contribution in [0.15, 0.2) is 53.3 Å². The molecule has 0 unspecified atom stereocenters. The number of amides is 3. The van der Waals surface area contributed by atoms with Gasteiger partial charge in [0, 0.05) is 43.4 Å². The summed E-state index contributed by atoms with van der Waals surface area (Å²) in [5, 5.41) is 0. The zero-order valence-corrected chi connectivity index (χ0v) is 17.5. The van der Waals surface area contributed by atoms with E-state index in [0.29, 0.717) is 26.1 Å². The third-order valence-electron chi connectivity index (χ3n) is 7.22. The summed E-state index contributed by atoms with van der Waals surface area (Å²) in [7, 11) is 0. The first-order valence-electron chi connectivity index (χ1n) is 11.1. The molecule has 7 nitrogen and oxygen atoms in total. The Bertz CT molecular complexity index is 1050. The van der Waals surface area contributed by atoms with Crippen LogP contribution in [0.25, 0.3) is 0 Å². The number of carbonyl (C=O) groups excluding carboxylic acids is 2. The first-order chi connectivity index (χ1) is 15.0. The molecule has 3 aliphatic heterocycles. The van der Waals surface area contributed by atoms with E-state index in [9.17, 15) is 14.4 Å². The average molecular weight is 421 g/mol. The molecule has 2 aromatic rings. The number of hydrogen-bond donors (Lipinski definition) is 1. The fourth-order valence-corrected chi connectivity index (χ4v) is 5.84. The van der Waals surface area contributed by atoms with Gasteiger partial charge in [-0.3, -0.25) is 9.59 Å². The van der Waals surface area contributed by atoms with Crippen molar-refractivity contribution in [3.05, 3.63) is 70.1 Å². The van der Waals surface area contributed by atoms with Crippen molar-refractivity contribution >= 4 is 11.9 Å². The minimum Gasteiger partial charge on any atom is -0.351 e. The quantitative estimate of drug-likeness (QED) is 0.825. The van der Waals surface area contributed by atoms with Gasteiger partial charge < -0.3 is 20.1 Å². The van der Waals surface area contributed by atoms with Crippen LogP contribution in [-0.4, -0.2) is 52.0 Å². The number of piperidine rings is 1. The minimum atomic E-state index is -0.521. The van der Waals surface area contributed by atoms with E-state index >= 15 is 0 Å². The van der Waals surface area contributed by atoms with E-state index in [2.05, 4.69) is 12.1 Å². The molecule has 162 valence electrons. The summed E-state index contributed by atoms with van der Waals surface area (Å²) < 4.78 is 1.97. The van der Waals surface area contributed by atoms with Crippen molar-refractivity contribution in [3.63, 3.8) is 0 Å². The lowest BCUT2D eigenvalue weighted by molar-refractivity contribution is -0.138. The van der Waals surface area contributed by atoms with Gasteiger partial charge in [0.15, 0.2) is 0 Å². The maximum Gasteiger partial charge on any atom is 0.315 e. The summed E-state index contributed by atoms with van der Waals surface area (Å²) in [4.78, 5) is 41.5. The van der Waals surface area contributed by atoms with E-state index in [0.717, 1.165) is 25.0 Å². The van der Waals surface area contributed by atoms with E-state index in [1.165, 1.54) is 10.5 Å². The molecular weight excluding hydrogens is 392 g/mol. The van der Waals surface area contributed by atoms with Gasteiger partial charge in [0.1, 0.15) is 6.04 Å². The molecular formula is C24H28N4O3. The van der Waals surface area contributed by atoms with Crippen LogP contribution in [0.2, 0.25) is 0 Å². The van der Waals surface area contributed by atoms with Crippen molar-refractivity contribution in [1.29, 1.82) is 0 Å². The SMILES string of the molecule is NC(=O)N1CCC[C@H]1C(=O)N1C[C@H]2C[C@@H](C1)[C@H](Cc1ccccc1)n1c2cccc1=O. The van der Waals surface area contributed by atoms with Crippen molar-refractivity contribution in [2.24, 2.45) is 11.7 Å². The highest BCUT2D eigenvalue weighted by Crippen LogP contribution is 2.42. The minimum absolute atomic E-state index is 0.00353. The molecule has 3 amide bonds. The van der Waals surface area contributed by atoms with Crippen LogP contribution < -0.4 is 11.3 Å². The van der Waals surface area contributed by atoms with Gasteiger partial charge in [-0.15, -0.1) is 0 Å². The smallest absolute Gasteiger partial charge is 0.315 e. The summed E-state index contributed by atoms with van der Waals surface area (Å²) in [5.41, 5.74) is 7.75. The molecule has 0 radical (unpaired) electrons. The molecule has 2 N–H and O–H groups in total. The second-order valence-corrected chi connectivity index (χ2v) is 9.04. The van der Waals surface area contributed by atoms with E-state index in [-0.39, 0.29) is 29.3 Å². The summed E-state index contributed by atoms with van der Waals surface area (Å²) >= 11 is 0. The molecule has 4 heterocycles. The van der Waals surface area contributed by atoms with Crippen molar-refractivity contribution in [2.75, 3.05) is 19.6 Å². The number of likely N-dealkylation sites (tertiary alicyclic amines) is 2. The Morgan fingerprint density at radius 2 is 1.84 bits per heavy atom. The van der Waals surface area contributed by atoms with E-state index in [1.54, 1.807) is 6.07 Å². The van der Waals surface area contributed by atoms with Gasteiger partial charge >= 0.3 is 6.03 Å². The summed E-state index contributed by atoms with van der Waals surface area (Å²) in [6.07, 6.45) is 3.19. The second-order valence-electron chi connectivity index (χ2n) is 9.04. The zero-order chi connectivity index (χ0) is 21.5. The number of pyridine rings is 1. The fraction of sp³-hybridized carbons (Fsp3) is 0.458. The molecule has 2 saturated heterocycles. The van der Waals surface area contributed by atoms with Gasteiger partial charge in [0.2, 0.25) is 5.91 Å². The Labute approximate surface area is 181 Å². The zero-order valence-electron chi connectivity index (χ0n) is 17.5. The third kappa shape index (κ3) is 3.52. The Morgan fingerprint density at radius 1 is 1.03 bits per heavy atom. The Hall–Kier alpha value is -3.09. The standard InChI is InChI=1S/C24H28N4O3/c25-24(31)27-11-5-9-20(27)23(30)26-14-17-13-18(15-26)21(12-16-6-2-1-3-7-16)28-19(17)8-4-10-22(28)29/h1-4,6-8,10,17-18,20-21H,5,9,11-15H2,(H2,25,31)/t17-,18+,20+,21+/m1/s1. The number of primary amides is 1. The van der Waals surface area contributed by atoms with Gasteiger partial charge in [-0.25, -0.2) is 4.79 Å². The number of aromatic nitrogens is 1. The summed E-state index contributed by atoms with van der Waals surface area (Å²) in [5.74, 6) is 0.321. The van der Waals surface area contributed by atoms with Crippen LogP contribution in [0.1, 0.15) is 42.5 Å². The van der Waals surface area contributed by atoms with E-state index in [1.807, 2.05) is 39.8 Å². The Kier molecular flexibility index (Phi) is 5.04. The molecule has 2 fully saturated rings. The number of urea groups is 1. The molecule has 3 aliphatic rings. The summed E-state index contributed by atoms with van der Waals surface area (Å²) in [6, 6.07) is 14.7. The number of nitrogens with zero attached hydrogens (tertiary/aromatic N) is 3. The molecule has 0 saturated carbocycles. The molecule has 1 aromatic carbocycles. The van der Waals surface area contributed by atoms with Gasteiger partial charge in [0.25, 0.3) is 5.56 Å². The maximum absolute atomic E-state index is 13.4. The highest BCUT2D eigenvalue weighted by atomic mass is 16.2. The molecule has 5 rings (SSSR count). The van der Waals surface area contributed by atoms with Crippen molar-refractivity contribution in [1.82, 2.24) is 14.4 Å². The third-order valence-corrected chi connectivity index (χ3v) is 7.22. The van der Waals surface area contributed by atoms with Crippen molar-refractivity contribution in [3.8, 4) is 0 Å². The molecule has 1 aromatic heterocycles. The monoisotopic (exact) mass is 420 g/mol. The second kappa shape index (κ2) is 7.87. The van der Waals surface area contributed by atoms with E-state index in [4.69, 9.17) is 5.73 Å². The fourth-order valence-electron chi connectivity index (χ4n) is 5.84. The lowest BCUT2D eigenvalue weighted by atomic mass is 9.76. The number of fused-ring (bicyclic) bond motifs is 4. The number of nitrogens with two attached hydrogens (primary N) is 1. The highest BCUT2D eigenvalue weighted by molar-refractivity contribution is 5.87. The predicted molar refractivity (Wildman–Crippen MR) is 117 cm³/mol. The van der Waals surface area contributed by atoms with Crippen LogP contribution >= 0.6 is 0 Å². The molecule has 0 aliphatic carbocycles. The Morgan fingerprint density at radius 3 is 2.61 bits per heavy atom. The largest absolute Gasteiger partial charge is 0.351 e. The number of hydrogen-bond acceptors (Lipinski definition) is 3.